The first-order valence-electron chi connectivity index (χ1n) is 17.5. The zero-order chi connectivity index (χ0) is 33.8. The van der Waals surface area contributed by atoms with E-state index in [0.717, 1.165) is 54.1 Å². The highest BCUT2D eigenvalue weighted by atomic mass is 19.3. The van der Waals surface area contributed by atoms with Crippen LogP contribution in [0.5, 0.6) is 0 Å². The molecule has 2 aromatic heterocycles. The highest BCUT2D eigenvalue weighted by Gasteiger charge is 2.37. The minimum absolute atomic E-state index is 0.0556. The molecule has 0 aliphatic carbocycles. The van der Waals surface area contributed by atoms with Gasteiger partial charge in [0.15, 0.2) is 0 Å². The van der Waals surface area contributed by atoms with Gasteiger partial charge in [-0.3, -0.25) is 14.5 Å². The van der Waals surface area contributed by atoms with Gasteiger partial charge in [-0.25, -0.2) is 23.7 Å². The van der Waals surface area contributed by atoms with E-state index in [1.807, 2.05) is 34.1 Å². The molecule has 0 bridgehead atoms. The lowest BCUT2D eigenvalue weighted by Crippen LogP contribution is -2.48. The third kappa shape index (κ3) is 7.85. The molecule has 0 spiro atoms. The first-order chi connectivity index (χ1) is 23.1. The van der Waals surface area contributed by atoms with Crippen LogP contribution in [-0.2, 0) is 4.79 Å². The van der Waals surface area contributed by atoms with Gasteiger partial charge in [0.25, 0.3) is 11.8 Å². The fourth-order valence-electron chi connectivity index (χ4n) is 7.33. The standard InChI is InChI=1S/C36H48F2N8O2/c1-25(2)27-6-5-14-45(15-11-27)33-10-9-29-30(7-4-8-31(29)42-33)34(48)39-24-32(44-16-12-36(37,38)13-17-44)28-22-40-35(41-23-28)46-20-18-43(19-21-46)26(3)47/h4,7-10,22-23,25,27,32H,5-6,11-21,24H2,1-3H3,(H,39,48)/t27-,32?/m0/s1. The zero-order valence-corrected chi connectivity index (χ0v) is 28.4. The summed E-state index contributed by atoms with van der Waals surface area (Å²) in [5, 5.41) is 3.87. The Morgan fingerprint density at radius 2 is 1.65 bits per heavy atom. The Kier molecular flexibility index (Phi) is 10.4. The van der Waals surface area contributed by atoms with Crippen molar-refractivity contribution in [2.75, 3.05) is 68.7 Å². The number of hydrogen-bond acceptors (Lipinski definition) is 8. The van der Waals surface area contributed by atoms with Gasteiger partial charge in [0, 0.05) is 108 Å². The fraction of sp³-hybridized carbons (Fsp3) is 0.583. The third-order valence-corrected chi connectivity index (χ3v) is 10.5. The number of alkyl halides is 2. The van der Waals surface area contributed by atoms with Crippen molar-refractivity contribution in [1.29, 1.82) is 0 Å². The second-order valence-electron chi connectivity index (χ2n) is 13.9. The first kappa shape index (κ1) is 34.0. The van der Waals surface area contributed by atoms with Crippen molar-refractivity contribution in [3.63, 3.8) is 0 Å². The number of piperidine rings is 1. The summed E-state index contributed by atoms with van der Waals surface area (Å²) in [6, 6.07) is 9.25. The van der Waals surface area contributed by atoms with E-state index < -0.39 is 5.92 Å². The van der Waals surface area contributed by atoms with Gasteiger partial charge >= 0.3 is 0 Å². The summed E-state index contributed by atoms with van der Waals surface area (Å²) in [6.45, 7) is 11.3. The lowest BCUT2D eigenvalue weighted by atomic mass is 9.89. The monoisotopic (exact) mass is 662 g/mol. The van der Waals surface area contributed by atoms with Gasteiger partial charge < -0.3 is 20.0 Å². The van der Waals surface area contributed by atoms with Crippen LogP contribution >= 0.6 is 0 Å². The summed E-state index contributed by atoms with van der Waals surface area (Å²) in [6.07, 6.45) is 6.54. The summed E-state index contributed by atoms with van der Waals surface area (Å²) in [5.74, 6) is 0.0467. The summed E-state index contributed by atoms with van der Waals surface area (Å²) < 4.78 is 28.2. The Hall–Kier alpha value is -3.93. The maximum absolute atomic E-state index is 14.1. The van der Waals surface area contributed by atoms with E-state index in [4.69, 9.17) is 4.98 Å². The van der Waals surface area contributed by atoms with Crippen LogP contribution in [0.4, 0.5) is 20.5 Å². The number of amides is 2. The summed E-state index contributed by atoms with van der Waals surface area (Å²) in [5.41, 5.74) is 2.06. The van der Waals surface area contributed by atoms with Gasteiger partial charge in [0.1, 0.15) is 5.82 Å². The van der Waals surface area contributed by atoms with Crippen molar-refractivity contribution in [1.82, 2.24) is 30.1 Å². The number of anilines is 2. The summed E-state index contributed by atoms with van der Waals surface area (Å²) in [7, 11) is 0. The number of benzene rings is 1. The number of fused-ring (bicyclic) bond motifs is 1. The average molecular weight is 663 g/mol. The molecule has 3 saturated heterocycles. The Morgan fingerprint density at radius 3 is 2.33 bits per heavy atom. The number of pyridine rings is 1. The van der Waals surface area contributed by atoms with Crippen molar-refractivity contribution in [2.24, 2.45) is 11.8 Å². The zero-order valence-electron chi connectivity index (χ0n) is 28.4. The average Bonchev–Trinajstić information content (AvgIpc) is 3.35. The van der Waals surface area contributed by atoms with Crippen LogP contribution in [0.25, 0.3) is 10.9 Å². The van der Waals surface area contributed by atoms with Crippen molar-refractivity contribution < 1.29 is 18.4 Å². The summed E-state index contributed by atoms with van der Waals surface area (Å²) in [4.78, 5) is 47.8. The van der Waals surface area contributed by atoms with E-state index in [1.165, 1.54) is 6.42 Å². The maximum atomic E-state index is 14.1. The molecule has 0 saturated carbocycles. The first-order valence-corrected chi connectivity index (χ1v) is 17.5. The molecule has 12 heteroatoms. The highest BCUT2D eigenvalue weighted by molar-refractivity contribution is 6.06. The molecular weight excluding hydrogens is 614 g/mol. The van der Waals surface area contributed by atoms with E-state index in [1.54, 1.807) is 30.3 Å². The van der Waals surface area contributed by atoms with Crippen molar-refractivity contribution in [3.8, 4) is 0 Å². The molecule has 48 heavy (non-hydrogen) atoms. The van der Waals surface area contributed by atoms with Gasteiger partial charge in [-0.15, -0.1) is 0 Å². The van der Waals surface area contributed by atoms with Crippen LogP contribution in [-0.4, -0.2) is 101 Å². The number of carbonyl (C=O) groups excluding carboxylic acids is 2. The third-order valence-electron chi connectivity index (χ3n) is 10.5. The van der Waals surface area contributed by atoms with Crippen LogP contribution in [0.3, 0.4) is 0 Å². The number of piperazine rings is 1. The SMILES string of the molecule is CC(=O)N1CCN(c2ncc(C(CNC(=O)c3cccc4nc(N5CCC[C@H](C(C)C)CC5)ccc34)N3CCC(F)(F)CC3)cn2)CC1. The minimum atomic E-state index is -2.69. The number of rotatable bonds is 8. The number of aromatic nitrogens is 3. The predicted octanol–water partition coefficient (Wildman–Crippen LogP) is 5.16. The van der Waals surface area contributed by atoms with E-state index >= 15 is 0 Å². The molecule has 3 aliphatic rings. The number of halogens is 2. The van der Waals surface area contributed by atoms with E-state index in [9.17, 15) is 18.4 Å². The van der Waals surface area contributed by atoms with Crippen LogP contribution < -0.4 is 15.1 Å². The number of nitrogens with zero attached hydrogens (tertiary/aromatic N) is 7. The molecule has 1 unspecified atom stereocenters. The predicted molar refractivity (Wildman–Crippen MR) is 183 cm³/mol. The Balaban J connectivity index is 1.16. The molecule has 10 nitrogen and oxygen atoms in total. The topological polar surface area (TPSA) is 97.8 Å². The molecule has 3 fully saturated rings. The Morgan fingerprint density at radius 1 is 0.917 bits per heavy atom. The lowest BCUT2D eigenvalue weighted by Gasteiger charge is -2.38. The van der Waals surface area contributed by atoms with Crippen molar-refractivity contribution in [2.45, 2.75) is 64.8 Å². The van der Waals surface area contributed by atoms with E-state index in [0.29, 0.717) is 43.6 Å². The largest absolute Gasteiger partial charge is 0.357 e. The molecule has 6 rings (SSSR count). The van der Waals surface area contributed by atoms with Gasteiger partial charge in [-0.2, -0.15) is 0 Å². The highest BCUT2D eigenvalue weighted by Crippen LogP contribution is 2.33. The number of hydrogen-bond donors (Lipinski definition) is 1. The molecule has 1 N–H and O–H groups in total. The second-order valence-corrected chi connectivity index (χ2v) is 13.9. The number of carbonyl (C=O) groups is 2. The molecule has 2 atom stereocenters. The van der Waals surface area contributed by atoms with Crippen LogP contribution in [0, 0.1) is 11.8 Å². The molecule has 5 heterocycles. The Bertz CT molecular complexity index is 1570. The molecule has 3 aliphatic heterocycles. The minimum Gasteiger partial charge on any atom is -0.357 e. The van der Waals surface area contributed by atoms with Crippen LogP contribution in [0.2, 0.25) is 0 Å². The second kappa shape index (κ2) is 14.7. The van der Waals surface area contributed by atoms with E-state index in [-0.39, 0.29) is 50.3 Å². The van der Waals surface area contributed by atoms with Gasteiger partial charge in [-0.05, 0) is 55.4 Å². The quantitative estimate of drug-likeness (QED) is 0.354. The van der Waals surface area contributed by atoms with Gasteiger partial charge in [-0.1, -0.05) is 19.9 Å². The van der Waals surface area contributed by atoms with Crippen LogP contribution in [0.15, 0.2) is 42.7 Å². The molecule has 258 valence electrons. The van der Waals surface area contributed by atoms with Gasteiger partial charge in [0.2, 0.25) is 11.9 Å². The lowest BCUT2D eigenvalue weighted by molar-refractivity contribution is -0.129. The maximum Gasteiger partial charge on any atom is 0.252 e. The number of nitrogens with one attached hydrogen (secondary N) is 1. The molecule has 0 radical (unpaired) electrons. The smallest absolute Gasteiger partial charge is 0.252 e. The Labute approximate surface area is 281 Å². The summed E-state index contributed by atoms with van der Waals surface area (Å²) >= 11 is 0. The molecule has 1 aromatic carbocycles. The molecule has 2 amide bonds. The molecule has 3 aromatic rings. The number of likely N-dealkylation sites (tertiary alicyclic amines) is 1. The van der Waals surface area contributed by atoms with Gasteiger partial charge in [0.05, 0.1) is 11.6 Å². The molecular formula is C36H48F2N8O2. The van der Waals surface area contributed by atoms with Crippen LogP contribution in [0.1, 0.15) is 74.8 Å². The normalized spacial score (nSPS) is 21.3. The van der Waals surface area contributed by atoms with Crippen molar-refractivity contribution >= 4 is 34.5 Å². The fourth-order valence-corrected chi connectivity index (χ4v) is 7.33. The van der Waals surface area contributed by atoms with E-state index in [2.05, 4.69) is 34.0 Å². The van der Waals surface area contributed by atoms with Crippen molar-refractivity contribution in [3.05, 3.63) is 53.9 Å².